The number of fused-ring (bicyclic) bond motifs is 1. The van der Waals surface area contributed by atoms with Crippen molar-refractivity contribution in [2.75, 3.05) is 6.61 Å². The van der Waals surface area contributed by atoms with Gasteiger partial charge in [0, 0.05) is 0 Å². The van der Waals surface area contributed by atoms with Crippen LogP contribution in [0.2, 0.25) is 19.6 Å². The Bertz CT molecular complexity index is 801. The first-order chi connectivity index (χ1) is 11.9. The molecule has 2 aliphatic carbocycles. The Hall–Kier alpha value is -0.180. The van der Waals surface area contributed by atoms with E-state index < -0.39 is 8.32 Å². The molecule has 5 heteroatoms. The number of allylic oxidation sites excluding steroid dienone is 7. The van der Waals surface area contributed by atoms with Crippen molar-refractivity contribution in [3.63, 3.8) is 0 Å². The van der Waals surface area contributed by atoms with Gasteiger partial charge in [0.05, 0.1) is 0 Å². The zero-order valence-electron chi connectivity index (χ0n) is 16.5. The quantitative estimate of drug-likeness (QED) is 0.405. The molecular weight excluding hydrogens is 470 g/mol. The van der Waals surface area contributed by atoms with E-state index in [0.717, 1.165) is 25.9 Å². The van der Waals surface area contributed by atoms with E-state index in [1.54, 1.807) is 5.57 Å². The Morgan fingerprint density at radius 2 is 1.78 bits per heavy atom. The van der Waals surface area contributed by atoms with Crippen LogP contribution >= 0.6 is 0 Å². The predicted molar refractivity (Wildman–Crippen MR) is 106 cm³/mol. The molecule has 1 nitrogen and oxygen atoms in total. The largest absolute Gasteiger partial charge is 1.00 e. The summed E-state index contributed by atoms with van der Waals surface area (Å²) in [6.45, 7) is 9.85. The zero-order chi connectivity index (χ0) is 18.0. The van der Waals surface area contributed by atoms with E-state index >= 15 is 0 Å². The molecule has 143 valence electrons. The Morgan fingerprint density at radius 1 is 1.11 bits per heavy atom. The summed E-state index contributed by atoms with van der Waals surface area (Å²) < 4.78 is 7.56. The first-order valence-electron chi connectivity index (χ1n) is 9.17. The molecule has 0 saturated carbocycles. The van der Waals surface area contributed by atoms with Gasteiger partial charge in [0.15, 0.2) is 0 Å². The molecule has 1 aromatic rings. The third-order valence-corrected chi connectivity index (χ3v) is 7.10. The second kappa shape index (κ2) is 10.6. The van der Waals surface area contributed by atoms with Crippen molar-refractivity contribution in [3.8, 4) is 0 Å². The maximum Gasteiger partial charge on any atom is -1.00 e. The molecule has 0 saturated heterocycles. The molecule has 3 rings (SSSR count). The molecule has 0 spiro atoms. The molecule has 0 atom stereocenters. The van der Waals surface area contributed by atoms with Crippen LogP contribution in [0.25, 0.3) is 8.85 Å². The second-order valence-corrected chi connectivity index (χ2v) is 13.4. The van der Waals surface area contributed by atoms with Crippen LogP contribution in [0, 0.1) is 0 Å². The van der Waals surface area contributed by atoms with Gasteiger partial charge < -0.3 is 24.8 Å². The normalized spacial score (nSPS) is 17.3. The van der Waals surface area contributed by atoms with E-state index in [4.69, 9.17) is 4.43 Å². The monoisotopic (exact) mass is 495 g/mol. The number of halogens is 2. The Morgan fingerprint density at radius 3 is 2.41 bits per heavy atom. The fraction of sp³-hybridized carbons (Fsp3) is 0.364. The van der Waals surface area contributed by atoms with Crippen LogP contribution in [0.5, 0.6) is 0 Å². The molecular formula is C22H27Cl2OSiZr. The smallest absolute Gasteiger partial charge is 1.00 e. The summed E-state index contributed by atoms with van der Waals surface area (Å²) in [5.41, 5.74) is 8.84. The molecule has 0 fully saturated rings. The summed E-state index contributed by atoms with van der Waals surface area (Å²) >= 11 is 1.51. The summed E-state index contributed by atoms with van der Waals surface area (Å²) in [5, 5.41) is 0. The number of rotatable bonds is 6. The molecule has 0 bridgehead atoms. The molecule has 0 aromatic heterocycles. The van der Waals surface area contributed by atoms with E-state index in [1.165, 1.54) is 55.8 Å². The molecule has 0 aliphatic heterocycles. The van der Waals surface area contributed by atoms with Crippen molar-refractivity contribution in [3.05, 3.63) is 70.3 Å². The minimum Gasteiger partial charge on any atom is -1.00 e. The molecule has 2 aliphatic rings. The van der Waals surface area contributed by atoms with E-state index in [0.29, 0.717) is 0 Å². The van der Waals surface area contributed by atoms with Gasteiger partial charge in [-0.1, -0.05) is 0 Å². The van der Waals surface area contributed by atoms with Gasteiger partial charge in [-0.05, 0) is 0 Å². The first kappa shape index (κ1) is 24.9. The summed E-state index contributed by atoms with van der Waals surface area (Å²) in [6, 6.07) is 8.87. The fourth-order valence-corrected chi connectivity index (χ4v) is 5.64. The Kier molecular flexibility index (Phi) is 9.72. The van der Waals surface area contributed by atoms with Crippen LogP contribution < -0.4 is 24.8 Å². The van der Waals surface area contributed by atoms with E-state index in [9.17, 15) is 0 Å². The van der Waals surface area contributed by atoms with Gasteiger partial charge in [-0.15, -0.1) is 0 Å². The van der Waals surface area contributed by atoms with Crippen LogP contribution in [0.15, 0.2) is 59.2 Å². The van der Waals surface area contributed by atoms with Gasteiger partial charge >= 0.3 is 169 Å². The zero-order valence-corrected chi connectivity index (χ0v) is 21.5. The third-order valence-electron chi connectivity index (χ3n) is 4.75. The van der Waals surface area contributed by atoms with Crippen molar-refractivity contribution < 1.29 is 54.0 Å². The van der Waals surface area contributed by atoms with E-state index in [-0.39, 0.29) is 24.8 Å². The summed E-state index contributed by atoms with van der Waals surface area (Å²) in [5.74, 6) is 0. The molecule has 0 amide bonds. The average molecular weight is 498 g/mol. The molecule has 0 heterocycles. The fourth-order valence-electron chi connectivity index (χ4n) is 3.64. The van der Waals surface area contributed by atoms with E-state index in [2.05, 4.69) is 69.1 Å². The Balaban J connectivity index is 0.00000182. The molecule has 1 aromatic carbocycles. The van der Waals surface area contributed by atoms with Crippen molar-refractivity contribution in [2.45, 2.75) is 45.8 Å². The maximum absolute atomic E-state index is 6.04. The molecule has 0 radical (unpaired) electrons. The van der Waals surface area contributed by atoms with Gasteiger partial charge in [0.1, 0.15) is 0 Å². The standard InChI is InChI=1S/C22H27OSi.2ClH.Zr/c1-5-19-21-13-7-6-10-18(21)16-22(19)20-14-8-11-17(20)12-9-15-23-24(2,3)4;;;/h5-8,10-11,13H,9,12,14-15H2,1-4H3;2*1H;/q;;;+2/p-2. The van der Waals surface area contributed by atoms with Crippen LogP contribution in [0.1, 0.15) is 37.3 Å². The summed E-state index contributed by atoms with van der Waals surface area (Å²) in [6.07, 6.45) is 10.3. The van der Waals surface area contributed by atoms with Gasteiger partial charge in [-0.2, -0.15) is 0 Å². The second-order valence-electron chi connectivity index (χ2n) is 7.67. The van der Waals surface area contributed by atoms with Crippen LogP contribution in [0.3, 0.4) is 0 Å². The first-order valence-corrected chi connectivity index (χ1v) is 13.8. The van der Waals surface area contributed by atoms with Crippen molar-refractivity contribution >= 4 is 17.2 Å². The SMILES string of the molecule is CC=C1C(C2=C(CCCO[Si](C)(C)C)C=CC2)=[C]([Zr+2])c2ccccc21.[Cl-].[Cl-]. The van der Waals surface area contributed by atoms with Gasteiger partial charge in [0.2, 0.25) is 0 Å². The summed E-state index contributed by atoms with van der Waals surface area (Å²) in [7, 11) is -1.40. The molecule has 0 unspecified atom stereocenters. The third kappa shape index (κ3) is 5.67. The van der Waals surface area contributed by atoms with Crippen LogP contribution in [-0.4, -0.2) is 14.9 Å². The predicted octanol–water partition coefficient (Wildman–Crippen LogP) is 0.258. The topological polar surface area (TPSA) is 9.23 Å². The van der Waals surface area contributed by atoms with Crippen molar-refractivity contribution in [1.82, 2.24) is 0 Å². The number of hydrogen-bond donors (Lipinski definition) is 0. The van der Waals surface area contributed by atoms with Crippen molar-refractivity contribution in [2.24, 2.45) is 0 Å². The number of benzene rings is 1. The van der Waals surface area contributed by atoms with E-state index in [1.807, 2.05) is 0 Å². The minimum absolute atomic E-state index is 0. The van der Waals surface area contributed by atoms with Gasteiger partial charge in [-0.25, -0.2) is 0 Å². The van der Waals surface area contributed by atoms with Gasteiger partial charge in [-0.3, -0.25) is 0 Å². The van der Waals surface area contributed by atoms with Crippen LogP contribution in [0.4, 0.5) is 0 Å². The number of hydrogen-bond acceptors (Lipinski definition) is 1. The maximum atomic E-state index is 6.04. The van der Waals surface area contributed by atoms with Crippen LogP contribution in [-0.2, 0) is 29.1 Å². The minimum atomic E-state index is -1.40. The van der Waals surface area contributed by atoms with Gasteiger partial charge in [0.25, 0.3) is 0 Å². The molecule has 27 heavy (non-hydrogen) atoms. The summed E-state index contributed by atoms with van der Waals surface area (Å²) in [4.78, 5) is 0. The average Bonchev–Trinajstić information content (AvgIpc) is 3.13. The Labute approximate surface area is 192 Å². The van der Waals surface area contributed by atoms with Crippen molar-refractivity contribution in [1.29, 1.82) is 0 Å². The molecule has 0 N–H and O–H groups in total.